The van der Waals surface area contributed by atoms with Gasteiger partial charge in [-0.2, -0.15) is 0 Å². The van der Waals surface area contributed by atoms with E-state index in [9.17, 15) is 9.90 Å². The lowest BCUT2D eigenvalue weighted by Gasteiger charge is -2.37. The Labute approximate surface area is 324 Å². The summed E-state index contributed by atoms with van der Waals surface area (Å²) in [5.74, 6) is 1.30. The zero-order valence-corrected chi connectivity index (χ0v) is 31.1. The minimum Gasteiger partial charge on any atom is -0.497 e. The fraction of sp³-hybridized carbons (Fsp3) is 0.302. The number of carbonyl (C=O) groups excluding carboxylic acids is 1. The zero-order chi connectivity index (χ0) is 38.5. The second-order valence-corrected chi connectivity index (χ2v) is 13.6. The molecule has 1 amide bonds. The van der Waals surface area contributed by atoms with Gasteiger partial charge in [-0.05, 0) is 72.4 Å². The molecule has 2 aromatic heterocycles. The second-order valence-electron chi connectivity index (χ2n) is 13.6. The Bertz CT molecular complexity index is 2170. The smallest absolute Gasteiger partial charge is 0.256 e. The molecule has 0 saturated carbocycles. The number of fused-ring (bicyclic) bond motifs is 1. The Morgan fingerprint density at radius 2 is 1.48 bits per heavy atom. The van der Waals surface area contributed by atoms with Gasteiger partial charge < -0.3 is 38.8 Å². The van der Waals surface area contributed by atoms with Gasteiger partial charge in [-0.1, -0.05) is 72.8 Å². The molecule has 0 unspecified atom stereocenters. The Morgan fingerprint density at radius 1 is 0.839 bits per heavy atom. The molecule has 288 valence electrons. The van der Waals surface area contributed by atoms with E-state index in [-0.39, 0.29) is 18.3 Å². The van der Waals surface area contributed by atoms with Gasteiger partial charge in [0.05, 0.1) is 27.2 Å². The number of methoxy groups -OCH3 is 2. The molecule has 5 atom stereocenters. The first-order valence-electron chi connectivity index (χ1n) is 18.6. The van der Waals surface area contributed by atoms with Gasteiger partial charge in [-0.15, -0.1) is 0 Å². The van der Waals surface area contributed by atoms with Crippen molar-refractivity contribution in [2.45, 2.75) is 55.7 Å². The van der Waals surface area contributed by atoms with E-state index in [1.54, 1.807) is 49.4 Å². The molecule has 0 bridgehead atoms. The van der Waals surface area contributed by atoms with Crippen LogP contribution in [-0.4, -0.2) is 82.6 Å². The summed E-state index contributed by atoms with van der Waals surface area (Å²) in [6, 6.07) is 34.2. The average Bonchev–Trinajstić information content (AvgIpc) is 3.83. The number of hydrogen-bond acceptors (Lipinski definition) is 11. The molecule has 2 fully saturated rings. The first kappa shape index (κ1) is 37.2. The van der Waals surface area contributed by atoms with E-state index in [2.05, 4.69) is 20.3 Å². The fourth-order valence-electron chi connectivity index (χ4n) is 7.40. The van der Waals surface area contributed by atoms with Gasteiger partial charge in [0.25, 0.3) is 5.91 Å². The lowest BCUT2D eigenvalue weighted by molar-refractivity contribution is -0.215. The lowest BCUT2D eigenvalue weighted by atomic mass is 9.80. The van der Waals surface area contributed by atoms with E-state index in [1.165, 1.54) is 6.33 Å². The maximum Gasteiger partial charge on any atom is 0.256 e. The summed E-state index contributed by atoms with van der Waals surface area (Å²) in [7, 11) is 3.26. The summed E-state index contributed by atoms with van der Waals surface area (Å²) in [6.45, 7) is 0.510. The molecule has 56 heavy (non-hydrogen) atoms. The number of imidazole rings is 1. The van der Waals surface area contributed by atoms with E-state index in [0.29, 0.717) is 41.3 Å². The summed E-state index contributed by atoms with van der Waals surface area (Å²) < 4.78 is 39.1. The monoisotopic (exact) mass is 757 g/mol. The minimum atomic E-state index is -1.15. The second kappa shape index (κ2) is 16.6. The molecule has 2 aliphatic heterocycles. The quantitative estimate of drug-likeness (QED) is 0.128. The van der Waals surface area contributed by atoms with Crippen LogP contribution in [0, 0.1) is 0 Å². The van der Waals surface area contributed by atoms with Crippen molar-refractivity contribution in [2.75, 3.05) is 32.8 Å². The maximum atomic E-state index is 13.1. The third-order valence-corrected chi connectivity index (χ3v) is 10.3. The van der Waals surface area contributed by atoms with Crippen LogP contribution in [0.3, 0.4) is 0 Å². The van der Waals surface area contributed by atoms with Crippen molar-refractivity contribution in [1.29, 1.82) is 0 Å². The predicted octanol–water partition coefficient (Wildman–Crippen LogP) is 6.27. The van der Waals surface area contributed by atoms with E-state index < -0.39 is 36.4 Å². The molecule has 6 aromatic rings. The van der Waals surface area contributed by atoms with E-state index in [4.69, 9.17) is 28.4 Å². The third-order valence-electron chi connectivity index (χ3n) is 10.3. The number of ether oxygens (including phenoxy) is 6. The first-order valence-corrected chi connectivity index (χ1v) is 18.6. The molecule has 2 aliphatic rings. The standard InChI is InChI=1S/C43H43N5O8/c1-51-32-20-16-30(17-21-32)43(29-13-7-4-8-14-29,31-18-22-33(52-2)23-19-31)54-25-34-37(49)38(56-35-15-9-10-24-53-35)42(55-34)48-27-46-36-39(44-26-45-40(36)48)47-41(50)28-11-5-3-6-12-28/h3-8,11-14,16-23,26-27,34-35,37-38,42,49H,9-10,15,24-25H2,1-2H3,(H,44,45,47,50)/t34-,35+,37-,38-,42-/m1/s1. The van der Waals surface area contributed by atoms with Gasteiger partial charge in [0.2, 0.25) is 0 Å². The molecule has 4 heterocycles. The van der Waals surface area contributed by atoms with Gasteiger partial charge in [0, 0.05) is 12.2 Å². The summed E-state index contributed by atoms with van der Waals surface area (Å²) in [5.41, 5.74) is 2.60. The molecule has 2 N–H and O–H groups in total. The predicted molar refractivity (Wildman–Crippen MR) is 206 cm³/mol. The highest BCUT2D eigenvalue weighted by Gasteiger charge is 2.49. The van der Waals surface area contributed by atoms with Crippen LogP contribution in [0.15, 0.2) is 122 Å². The molecular weight excluding hydrogens is 714 g/mol. The summed E-state index contributed by atoms with van der Waals surface area (Å²) >= 11 is 0. The highest BCUT2D eigenvalue weighted by Crippen LogP contribution is 2.43. The Hall–Kier alpha value is -5.70. The Kier molecular flexibility index (Phi) is 11.0. The average molecular weight is 758 g/mol. The molecule has 13 heteroatoms. The van der Waals surface area contributed by atoms with Crippen molar-refractivity contribution in [2.24, 2.45) is 0 Å². The van der Waals surface area contributed by atoms with E-state index in [0.717, 1.165) is 29.5 Å². The van der Waals surface area contributed by atoms with E-state index >= 15 is 0 Å². The normalized spacial score (nSPS) is 21.2. The molecule has 8 rings (SSSR count). The van der Waals surface area contributed by atoms with Crippen molar-refractivity contribution >= 4 is 22.9 Å². The number of nitrogens with zero attached hydrogens (tertiary/aromatic N) is 4. The number of nitrogens with one attached hydrogen (secondary N) is 1. The van der Waals surface area contributed by atoms with Gasteiger partial charge in [0.1, 0.15) is 41.7 Å². The van der Waals surface area contributed by atoms with E-state index in [1.807, 2.05) is 84.9 Å². The van der Waals surface area contributed by atoms with Gasteiger partial charge >= 0.3 is 0 Å². The molecule has 0 spiro atoms. The number of carbonyl (C=O) groups is 1. The van der Waals surface area contributed by atoms with Gasteiger partial charge in [-0.3, -0.25) is 9.36 Å². The van der Waals surface area contributed by atoms with Crippen LogP contribution in [0.25, 0.3) is 11.2 Å². The van der Waals surface area contributed by atoms with Crippen molar-refractivity contribution in [3.8, 4) is 11.5 Å². The number of benzene rings is 4. The van der Waals surface area contributed by atoms with Crippen molar-refractivity contribution < 1.29 is 38.3 Å². The number of aromatic nitrogens is 4. The zero-order valence-electron chi connectivity index (χ0n) is 31.1. The maximum absolute atomic E-state index is 13.1. The Balaban J connectivity index is 1.15. The number of aliphatic hydroxyl groups excluding tert-OH is 1. The fourth-order valence-corrected chi connectivity index (χ4v) is 7.40. The lowest BCUT2D eigenvalue weighted by Crippen LogP contribution is -2.42. The SMILES string of the molecule is COc1ccc(C(OC[C@H]2O[C@@H](n3cnc4c(NC(=O)c5ccccc5)ncnc43)[C@H](O[C@H]3CCCCO3)[C@@H]2O)(c2ccccc2)c2ccc(OC)cc2)cc1. The van der Waals surface area contributed by atoms with Crippen molar-refractivity contribution in [3.05, 3.63) is 144 Å². The van der Waals surface area contributed by atoms with Crippen LogP contribution >= 0.6 is 0 Å². The van der Waals surface area contributed by atoms with Crippen LogP contribution < -0.4 is 14.8 Å². The highest BCUT2D eigenvalue weighted by atomic mass is 16.7. The van der Waals surface area contributed by atoms with Crippen molar-refractivity contribution in [3.63, 3.8) is 0 Å². The minimum absolute atomic E-state index is 0.0456. The number of hydrogen-bond donors (Lipinski definition) is 2. The summed E-state index contributed by atoms with van der Waals surface area (Å²) in [4.78, 5) is 26.5. The van der Waals surface area contributed by atoms with Crippen LogP contribution in [0.5, 0.6) is 11.5 Å². The topological polar surface area (TPSA) is 148 Å². The summed E-state index contributed by atoms with van der Waals surface area (Å²) in [5, 5.41) is 15.0. The number of aliphatic hydroxyl groups is 1. The number of amides is 1. The first-order chi connectivity index (χ1) is 27.5. The molecule has 0 aliphatic carbocycles. The highest BCUT2D eigenvalue weighted by molar-refractivity contribution is 6.06. The molecule has 2 saturated heterocycles. The largest absolute Gasteiger partial charge is 0.497 e. The van der Waals surface area contributed by atoms with Crippen LogP contribution in [0.1, 0.15) is 52.5 Å². The van der Waals surface area contributed by atoms with Gasteiger partial charge in [-0.25, -0.2) is 15.0 Å². The molecule has 13 nitrogen and oxygen atoms in total. The molecular formula is C43H43N5O8. The Morgan fingerprint density at radius 3 is 2.11 bits per heavy atom. The molecule has 0 radical (unpaired) electrons. The summed E-state index contributed by atoms with van der Waals surface area (Å²) in [6.07, 6.45) is 1.09. The number of anilines is 1. The molecule has 4 aromatic carbocycles. The third kappa shape index (κ3) is 7.34. The van der Waals surface area contributed by atoms with Crippen LogP contribution in [0.4, 0.5) is 5.82 Å². The number of rotatable bonds is 13. The van der Waals surface area contributed by atoms with Crippen molar-refractivity contribution in [1.82, 2.24) is 19.5 Å². The van der Waals surface area contributed by atoms with Crippen LogP contribution in [-0.2, 0) is 24.5 Å². The van der Waals surface area contributed by atoms with Gasteiger partial charge in [0.15, 0.2) is 29.5 Å². The van der Waals surface area contributed by atoms with Crippen LogP contribution in [0.2, 0.25) is 0 Å².